The van der Waals surface area contributed by atoms with Gasteiger partial charge in [0.15, 0.2) is 23.1 Å². The molecule has 0 atom stereocenters. The number of nitrogens with zero attached hydrogens (tertiary/aromatic N) is 5. The van der Waals surface area contributed by atoms with Crippen molar-refractivity contribution in [3.63, 3.8) is 0 Å². The van der Waals surface area contributed by atoms with Crippen LogP contribution in [0.2, 0.25) is 20.5 Å². The van der Waals surface area contributed by atoms with Crippen LogP contribution < -0.4 is 0 Å². The molecule has 0 saturated heterocycles. The van der Waals surface area contributed by atoms with E-state index >= 15 is 0 Å². The normalized spacial score (nSPS) is 14.3. The van der Waals surface area contributed by atoms with Crippen LogP contribution in [0.4, 0.5) is 0 Å². The average molecular weight is 831 g/mol. The first-order valence-corrected chi connectivity index (χ1v) is 22.6. The van der Waals surface area contributed by atoms with Crippen molar-refractivity contribution >= 4 is 77.2 Å². The molecular formula is C55H52B3N5O. The molecule has 0 spiro atoms. The first kappa shape index (κ1) is 42.3. The lowest BCUT2D eigenvalue weighted by atomic mass is 9.80. The fourth-order valence-corrected chi connectivity index (χ4v) is 9.05. The summed E-state index contributed by atoms with van der Waals surface area (Å²) in [4.78, 5) is 20.0. The van der Waals surface area contributed by atoms with Crippen LogP contribution in [0.3, 0.4) is 0 Å². The smallest absolute Gasteiger partial charge is 0.227 e. The van der Waals surface area contributed by atoms with E-state index in [0.717, 1.165) is 77.5 Å². The van der Waals surface area contributed by atoms with Crippen LogP contribution in [0.25, 0.3) is 89.0 Å². The standard InChI is InChI=1S/C55H52B3N5O/c1-34(16-14-28-56-6)51-60-52(35(2)17-15-29-57-7)62-53(61-51)40(33-58-8)30-36(3)63-47-21-13-12-20-41(47)43-31-38(23-27-48(43)63)39-22-24-42-45(32-39)55(4,5)44-25-26-46-50(49(42)44)64-54(59-46)37-18-10-9-11-19-37/h9-33,56-58H,1-8H3/b28-14-,29-15-,34-16+,35-17+,36-30+,40-33+. The summed E-state index contributed by atoms with van der Waals surface area (Å²) in [5.41, 5.74) is 16.0. The Morgan fingerprint density at radius 1 is 0.609 bits per heavy atom. The Hall–Kier alpha value is -6.99. The third-order valence-electron chi connectivity index (χ3n) is 12.4. The minimum atomic E-state index is -0.220. The minimum Gasteiger partial charge on any atom is -0.435 e. The Kier molecular flexibility index (Phi) is 11.7. The highest BCUT2D eigenvalue weighted by Crippen LogP contribution is 2.52. The fraction of sp³-hybridized carbons (Fsp3) is 0.164. The molecule has 312 valence electrons. The molecule has 0 radical (unpaired) electrons. The van der Waals surface area contributed by atoms with Gasteiger partial charge in [-0.2, -0.15) is 0 Å². The lowest BCUT2D eigenvalue weighted by Gasteiger charge is -2.22. The van der Waals surface area contributed by atoms with Gasteiger partial charge in [-0.25, -0.2) is 19.9 Å². The van der Waals surface area contributed by atoms with Crippen LogP contribution in [0, 0.1) is 0 Å². The van der Waals surface area contributed by atoms with Gasteiger partial charge in [0, 0.05) is 38.6 Å². The lowest BCUT2D eigenvalue weighted by Crippen LogP contribution is -2.14. The molecule has 1 aliphatic rings. The highest BCUT2D eigenvalue weighted by atomic mass is 16.3. The highest BCUT2D eigenvalue weighted by molar-refractivity contribution is 6.42. The van der Waals surface area contributed by atoms with E-state index in [9.17, 15) is 0 Å². The van der Waals surface area contributed by atoms with Crippen molar-refractivity contribution in [1.82, 2.24) is 24.5 Å². The van der Waals surface area contributed by atoms with Crippen molar-refractivity contribution in [2.45, 2.75) is 60.5 Å². The zero-order chi connectivity index (χ0) is 44.5. The molecule has 9 heteroatoms. The number of rotatable bonds is 12. The van der Waals surface area contributed by atoms with Crippen molar-refractivity contribution in [3.8, 4) is 33.7 Å². The van der Waals surface area contributed by atoms with Gasteiger partial charge in [-0.15, -0.1) is 17.9 Å². The minimum absolute atomic E-state index is 0.220. The molecule has 0 amide bonds. The molecule has 64 heavy (non-hydrogen) atoms. The van der Waals surface area contributed by atoms with Gasteiger partial charge in [-0.3, -0.25) is 0 Å². The first-order chi connectivity index (χ1) is 31.1. The summed E-state index contributed by atoms with van der Waals surface area (Å²) >= 11 is 0. The van der Waals surface area contributed by atoms with Crippen molar-refractivity contribution in [2.24, 2.45) is 0 Å². The number of hydrogen-bond donors (Lipinski definition) is 0. The van der Waals surface area contributed by atoms with Gasteiger partial charge in [0.05, 0.1) is 11.0 Å². The molecule has 0 fully saturated rings. The molecule has 0 aliphatic heterocycles. The second-order valence-corrected chi connectivity index (χ2v) is 17.2. The predicted molar refractivity (Wildman–Crippen MR) is 278 cm³/mol. The number of hydrogen-bond acceptors (Lipinski definition) is 5. The number of benzene rings is 5. The van der Waals surface area contributed by atoms with Crippen LogP contribution in [0.1, 0.15) is 63.2 Å². The third kappa shape index (κ3) is 7.74. The molecule has 3 heterocycles. The SMILES string of the molecule is CB/C=C\C=C(/C)c1nc(/C(C)=C/C=C\BC)nc(C(=C/BC)/C=C(\C)n2c3ccccc3c3cc(-c4ccc5c(c4)C(C)(C)c4ccc6nc(-c7ccccc7)oc6c4-5)ccc32)n1. The molecular weight excluding hydrogens is 779 g/mol. The molecule has 8 aromatic rings. The highest BCUT2D eigenvalue weighted by Gasteiger charge is 2.38. The average Bonchev–Trinajstić information content (AvgIpc) is 3.97. The van der Waals surface area contributed by atoms with Crippen LogP contribution in [-0.4, -0.2) is 46.3 Å². The summed E-state index contributed by atoms with van der Waals surface area (Å²) in [5.74, 6) is 9.15. The van der Waals surface area contributed by atoms with Crippen LogP contribution in [-0.2, 0) is 5.41 Å². The third-order valence-corrected chi connectivity index (χ3v) is 12.4. The van der Waals surface area contributed by atoms with E-state index in [0.29, 0.717) is 23.4 Å². The Labute approximate surface area is 378 Å². The summed E-state index contributed by atoms with van der Waals surface area (Å²) in [6, 6.07) is 37.0. The number of allylic oxidation sites excluding steroid dienone is 9. The van der Waals surface area contributed by atoms with Gasteiger partial charge in [0.2, 0.25) is 5.89 Å². The lowest BCUT2D eigenvalue weighted by molar-refractivity contribution is 0.618. The van der Waals surface area contributed by atoms with Gasteiger partial charge in [0.1, 0.15) is 27.4 Å². The zero-order valence-electron chi connectivity index (χ0n) is 38.2. The van der Waals surface area contributed by atoms with E-state index < -0.39 is 0 Å². The van der Waals surface area contributed by atoms with E-state index in [4.69, 9.17) is 24.4 Å². The van der Waals surface area contributed by atoms with Crippen molar-refractivity contribution in [1.29, 1.82) is 0 Å². The monoisotopic (exact) mass is 831 g/mol. The van der Waals surface area contributed by atoms with Gasteiger partial charge in [-0.1, -0.05) is 119 Å². The van der Waals surface area contributed by atoms with E-state index in [2.05, 4.69) is 181 Å². The molecule has 1 aliphatic carbocycles. The maximum absolute atomic E-state index is 6.56. The second-order valence-electron chi connectivity index (χ2n) is 17.2. The zero-order valence-corrected chi connectivity index (χ0v) is 38.2. The van der Waals surface area contributed by atoms with Crippen molar-refractivity contribution in [2.75, 3.05) is 0 Å². The summed E-state index contributed by atoms with van der Waals surface area (Å²) in [6.45, 7) is 17.4. The fourth-order valence-electron chi connectivity index (χ4n) is 9.05. The summed E-state index contributed by atoms with van der Waals surface area (Å²) in [6.07, 6.45) is 10.5. The summed E-state index contributed by atoms with van der Waals surface area (Å²) in [5, 5.41) is 2.41. The topological polar surface area (TPSA) is 69.6 Å². The Balaban J connectivity index is 1.12. The van der Waals surface area contributed by atoms with Gasteiger partial charge in [0.25, 0.3) is 0 Å². The molecule has 6 nitrogen and oxygen atoms in total. The summed E-state index contributed by atoms with van der Waals surface area (Å²) in [7, 11) is 2.76. The molecule has 5 aromatic carbocycles. The Morgan fingerprint density at radius 3 is 1.95 bits per heavy atom. The molecule has 0 saturated carbocycles. The molecule has 9 rings (SSSR count). The van der Waals surface area contributed by atoms with Gasteiger partial charge < -0.3 is 8.98 Å². The number of para-hydroxylation sites is 1. The molecule has 0 bridgehead atoms. The largest absolute Gasteiger partial charge is 0.435 e. The Morgan fingerprint density at radius 2 is 1.25 bits per heavy atom. The van der Waals surface area contributed by atoms with Crippen molar-refractivity contribution < 1.29 is 4.42 Å². The summed E-state index contributed by atoms with van der Waals surface area (Å²) < 4.78 is 8.93. The maximum Gasteiger partial charge on any atom is 0.227 e. The molecule has 3 aromatic heterocycles. The van der Waals surface area contributed by atoms with Gasteiger partial charge >= 0.3 is 0 Å². The Bertz CT molecular complexity index is 3240. The van der Waals surface area contributed by atoms with E-state index in [1.165, 1.54) is 38.6 Å². The second kappa shape index (κ2) is 17.6. The molecule has 0 unspecified atom stereocenters. The predicted octanol–water partition coefficient (Wildman–Crippen LogP) is 13.0. The maximum atomic E-state index is 6.56. The number of oxazole rings is 1. The van der Waals surface area contributed by atoms with Crippen LogP contribution in [0.5, 0.6) is 0 Å². The number of aromatic nitrogens is 5. The van der Waals surface area contributed by atoms with Crippen molar-refractivity contribution in [3.05, 3.63) is 180 Å². The molecule has 0 N–H and O–H groups in total. The van der Waals surface area contributed by atoms with E-state index in [1.807, 2.05) is 30.3 Å². The number of fused-ring (bicyclic) bond motifs is 8. The van der Waals surface area contributed by atoms with Crippen LogP contribution in [0.15, 0.2) is 156 Å². The quantitative estimate of drug-likeness (QED) is 0.0906. The van der Waals surface area contributed by atoms with Crippen LogP contribution >= 0.6 is 0 Å². The van der Waals surface area contributed by atoms with E-state index in [-0.39, 0.29) is 5.41 Å². The first-order valence-electron chi connectivity index (χ1n) is 22.6. The van der Waals surface area contributed by atoms with Gasteiger partial charge in [-0.05, 0) is 108 Å². The van der Waals surface area contributed by atoms with E-state index in [1.54, 1.807) is 0 Å².